The van der Waals surface area contributed by atoms with Crippen molar-refractivity contribution in [3.05, 3.63) is 52.3 Å². The Morgan fingerprint density at radius 3 is 2.77 bits per heavy atom. The predicted molar refractivity (Wildman–Crippen MR) is 103 cm³/mol. The normalized spacial score (nSPS) is 13.3. The molecule has 1 aliphatic rings. The third-order valence-corrected chi connectivity index (χ3v) is 5.01. The van der Waals surface area contributed by atoms with E-state index < -0.39 is 0 Å². The SMILES string of the molecule is Cc1c(-c2ncc(-c3cnc(OC(C)C)c(Cl)c3)o2)ccc2c1CCC2. The van der Waals surface area contributed by atoms with Crippen LogP contribution in [0.1, 0.15) is 37.0 Å². The largest absolute Gasteiger partial charge is 0.474 e. The monoisotopic (exact) mass is 368 g/mol. The molecule has 1 aromatic carbocycles. The average molecular weight is 369 g/mol. The Kier molecular flexibility index (Phi) is 4.45. The van der Waals surface area contributed by atoms with Crippen LogP contribution in [-0.4, -0.2) is 16.1 Å². The van der Waals surface area contributed by atoms with Crippen molar-refractivity contribution in [3.8, 4) is 28.7 Å². The minimum absolute atomic E-state index is 0.0190. The first kappa shape index (κ1) is 17.1. The van der Waals surface area contributed by atoms with Crippen molar-refractivity contribution >= 4 is 11.6 Å². The van der Waals surface area contributed by atoms with E-state index in [1.807, 2.05) is 13.8 Å². The van der Waals surface area contributed by atoms with Crippen LogP contribution in [0.25, 0.3) is 22.8 Å². The molecule has 4 rings (SSSR count). The Morgan fingerprint density at radius 1 is 1.15 bits per heavy atom. The predicted octanol–water partition coefficient (Wildman–Crippen LogP) is 5.64. The molecule has 4 nitrogen and oxygen atoms in total. The first-order valence-corrected chi connectivity index (χ1v) is 9.31. The Morgan fingerprint density at radius 2 is 2.00 bits per heavy atom. The van der Waals surface area contributed by atoms with Gasteiger partial charge in [0.05, 0.1) is 12.3 Å². The smallest absolute Gasteiger partial charge is 0.232 e. The van der Waals surface area contributed by atoms with Crippen molar-refractivity contribution in [1.29, 1.82) is 0 Å². The van der Waals surface area contributed by atoms with E-state index in [-0.39, 0.29) is 6.10 Å². The number of halogens is 1. The number of benzene rings is 1. The van der Waals surface area contributed by atoms with Crippen LogP contribution in [0, 0.1) is 6.92 Å². The summed E-state index contributed by atoms with van der Waals surface area (Å²) in [5.74, 6) is 1.70. The number of oxazole rings is 1. The van der Waals surface area contributed by atoms with Crippen LogP contribution in [0.4, 0.5) is 0 Å². The maximum Gasteiger partial charge on any atom is 0.232 e. The first-order valence-electron chi connectivity index (χ1n) is 8.93. The molecule has 134 valence electrons. The second-order valence-corrected chi connectivity index (χ2v) is 7.34. The van der Waals surface area contributed by atoms with E-state index in [4.69, 9.17) is 20.8 Å². The molecule has 0 aliphatic heterocycles. The van der Waals surface area contributed by atoms with Gasteiger partial charge in [-0.1, -0.05) is 17.7 Å². The van der Waals surface area contributed by atoms with Crippen molar-refractivity contribution in [1.82, 2.24) is 9.97 Å². The number of rotatable bonds is 4. The molecule has 0 N–H and O–H groups in total. The zero-order valence-corrected chi connectivity index (χ0v) is 15.9. The second kappa shape index (κ2) is 6.76. The summed E-state index contributed by atoms with van der Waals surface area (Å²) in [6.45, 7) is 6.03. The molecule has 2 heterocycles. The molecule has 0 saturated heterocycles. The summed E-state index contributed by atoms with van der Waals surface area (Å²) >= 11 is 6.29. The van der Waals surface area contributed by atoms with Gasteiger partial charge in [0.15, 0.2) is 5.76 Å². The fourth-order valence-electron chi connectivity index (χ4n) is 3.48. The van der Waals surface area contributed by atoms with Crippen LogP contribution in [0.3, 0.4) is 0 Å². The number of aromatic nitrogens is 2. The van der Waals surface area contributed by atoms with Gasteiger partial charge in [-0.25, -0.2) is 9.97 Å². The molecular formula is C21H21ClN2O2. The van der Waals surface area contributed by atoms with Gasteiger partial charge >= 0.3 is 0 Å². The van der Waals surface area contributed by atoms with Crippen molar-refractivity contribution in [3.63, 3.8) is 0 Å². The Bertz CT molecular complexity index is 963. The molecule has 5 heteroatoms. The average Bonchev–Trinajstić information content (AvgIpc) is 3.26. The fraction of sp³-hybridized carbons (Fsp3) is 0.333. The Labute approximate surface area is 158 Å². The highest BCUT2D eigenvalue weighted by Gasteiger charge is 2.19. The van der Waals surface area contributed by atoms with Crippen LogP contribution in [-0.2, 0) is 12.8 Å². The third-order valence-electron chi connectivity index (χ3n) is 4.74. The molecule has 26 heavy (non-hydrogen) atoms. The maximum atomic E-state index is 6.29. The Balaban J connectivity index is 1.66. The molecule has 0 bridgehead atoms. The minimum Gasteiger partial charge on any atom is -0.474 e. The quantitative estimate of drug-likeness (QED) is 0.597. The highest BCUT2D eigenvalue weighted by molar-refractivity contribution is 6.32. The van der Waals surface area contributed by atoms with Crippen molar-refractivity contribution in [2.24, 2.45) is 0 Å². The van der Waals surface area contributed by atoms with E-state index in [0.29, 0.717) is 22.6 Å². The van der Waals surface area contributed by atoms with Gasteiger partial charge in [-0.3, -0.25) is 0 Å². The minimum atomic E-state index is 0.0190. The molecule has 0 fully saturated rings. The van der Waals surface area contributed by atoms with Gasteiger partial charge < -0.3 is 9.15 Å². The van der Waals surface area contributed by atoms with E-state index in [9.17, 15) is 0 Å². The molecule has 3 aromatic rings. The molecule has 0 unspecified atom stereocenters. The van der Waals surface area contributed by atoms with E-state index in [0.717, 1.165) is 17.5 Å². The molecule has 0 spiro atoms. The van der Waals surface area contributed by atoms with E-state index in [1.165, 1.54) is 29.5 Å². The number of nitrogens with zero attached hydrogens (tertiary/aromatic N) is 2. The van der Waals surface area contributed by atoms with Crippen molar-refractivity contribution in [2.45, 2.75) is 46.1 Å². The number of pyridine rings is 1. The van der Waals surface area contributed by atoms with Gasteiger partial charge in [0.2, 0.25) is 11.8 Å². The van der Waals surface area contributed by atoms with Crippen LogP contribution < -0.4 is 4.74 Å². The van der Waals surface area contributed by atoms with Crippen molar-refractivity contribution in [2.75, 3.05) is 0 Å². The van der Waals surface area contributed by atoms with Crippen molar-refractivity contribution < 1.29 is 9.15 Å². The molecule has 0 amide bonds. The summed E-state index contributed by atoms with van der Waals surface area (Å²) in [5.41, 5.74) is 6.00. The summed E-state index contributed by atoms with van der Waals surface area (Å²) in [6, 6.07) is 6.11. The summed E-state index contributed by atoms with van der Waals surface area (Å²) in [5, 5.41) is 0.461. The summed E-state index contributed by atoms with van der Waals surface area (Å²) in [7, 11) is 0. The van der Waals surface area contributed by atoms with E-state index in [2.05, 4.69) is 29.0 Å². The number of ether oxygens (including phenoxy) is 1. The lowest BCUT2D eigenvalue weighted by molar-refractivity contribution is 0.233. The molecule has 0 atom stereocenters. The molecule has 1 aliphatic carbocycles. The highest BCUT2D eigenvalue weighted by Crippen LogP contribution is 2.35. The molecule has 0 saturated carbocycles. The van der Waals surface area contributed by atoms with Gasteiger partial charge in [0.1, 0.15) is 5.02 Å². The lowest BCUT2D eigenvalue weighted by Crippen LogP contribution is -2.07. The standard InChI is InChI=1S/C21H21ClN2O2/c1-12(2)25-21-18(22)9-15(10-23-21)19-11-24-20(26-19)17-8-7-14-5-4-6-16(14)13(17)3/h7-12H,4-6H2,1-3H3. The number of fused-ring (bicyclic) bond motifs is 1. The lowest BCUT2D eigenvalue weighted by atomic mass is 9.99. The molecular weight excluding hydrogens is 348 g/mol. The summed E-state index contributed by atoms with van der Waals surface area (Å²) in [6.07, 6.45) is 6.97. The number of hydrogen-bond acceptors (Lipinski definition) is 4. The zero-order chi connectivity index (χ0) is 18.3. The zero-order valence-electron chi connectivity index (χ0n) is 15.2. The lowest BCUT2D eigenvalue weighted by Gasteiger charge is -2.10. The van der Waals surface area contributed by atoms with Crippen LogP contribution >= 0.6 is 11.6 Å². The first-order chi connectivity index (χ1) is 12.5. The van der Waals surface area contributed by atoms with Gasteiger partial charge in [-0.05, 0) is 68.9 Å². The number of hydrogen-bond donors (Lipinski definition) is 0. The van der Waals surface area contributed by atoms with Gasteiger partial charge in [0.25, 0.3) is 0 Å². The van der Waals surface area contributed by atoms with E-state index >= 15 is 0 Å². The molecule has 0 radical (unpaired) electrons. The summed E-state index contributed by atoms with van der Waals surface area (Å²) in [4.78, 5) is 8.78. The second-order valence-electron chi connectivity index (χ2n) is 6.94. The van der Waals surface area contributed by atoms with Crippen LogP contribution in [0.5, 0.6) is 5.88 Å². The topological polar surface area (TPSA) is 48.2 Å². The van der Waals surface area contributed by atoms with Crippen LogP contribution in [0.15, 0.2) is 35.0 Å². The Hall–Kier alpha value is -2.33. The van der Waals surface area contributed by atoms with Gasteiger partial charge in [-0.2, -0.15) is 0 Å². The van der Waals surface area contributed by atoms with Crippen LogP contribution in [0.2, 0.25) is 5.02 Å². The van der Waals surface area contributed by atoms with Gasteiger partial charge in [0, 0.05) is 17.3 Å². The number of aryl methyl sites for hydroxylation is 1. The molecule has 2 aromatic heterocycles. The fourth-order valence-corrected chi connectivity index (χ4v) is 3.70. The third kappa shape index (κ3) is 3.10. The maximum absolute atomic E-state index is 6.29. The van der Waals surface area contributed by atoms with Gasteiger partial charge in [-0.15, -0.1) is 0 Å². The highest BCUT2D eigenvalue weighted by atomic mass is 35.5. The van der Waals surface area contributed by atoms with E-state index in [1.54, 1.807) is 18.5 Å². The summed E-state index contributed by atoms with van der Waals surface area (Å²) < 4.78 is 11.6.